The predicted molar refractivity (Wildman–Crippen MR) is 45.7 cm³/mol. The van der Waals surface area contributed by atoms with Crippen molar-refractivity contribution in [3.8, 4) is 0 Å². The van der Waals surface area contributed by atoms with Gasteiger partial charge in [0, 0.05) is 12.3 Å². The first-order chi connectivity index (χ1) is 4.41. The van der Waals surface area contributed by atoms with E-state index in [9.17, 15) is 0 Å². The average molecular weight is 147 g/mol. The topological polar surface area (TPSA) is 12.0 Å². The largest absolute Gasteiger partial charge is 0.264 e. The third kappa shape index (κ3) is 8.31. The van der Waals surface area contributed by atoms with E-state index in [1.54, 1.807) is 0 Å². The van der Waals surface area contributed by atoms with E-state index in [0.717, 1.165) is 6.54 Å². The Kier molecular flexibility index (Phi) is 8.60. The molecule has 0 bridgehead atoms. The van der Waals surface area contributed by atoms with E-state index < -0.39 is 0 Å². The van der Waals surface area contributed by atoms with Gasteiger partial charge in [-0.2, -0.15) is 0 Å². The van der Waals surface area contributed by atoms with Gasteiger partial charge >= 0.3 is 0 Å². The van der Waals surface area contributed by atoms with E-state index in [1.807, 2.05) is 11.9 Å². The summed E-state index contributed by atoms with van der Waals surface area (Å²) in [6.07, 6.45) is 3.88. The summed E-state index contributed by atoms with van der Waals surface area (Å²) >= 11 is 1.85. The molecule has 0 aliphatic carbocycles. The molecule has 0 spiro atoms. The minimum atomic E-state index is 1.15. The highest BCUT2D eigenvalue weighted by Gasteiger charge is 1.84. The van der Waals surface area contributed by atoms with Crippen LogP contribution in [0.3, 0.4) is 0 Å². The molecule has 56 valence electrons. The summed E-state index contributed by atoms with van der Waals surface area (Å²) in [5, 5.41) is 0. The molecule has 1 N–H and O–H groups in total. The number of hydrogen-bond donors (Lipinski definition) is 1. The smallest absolute Gasteiger partial charge is 0.00785 e. The van der Waals surface area contributed by atoms with Gasteiger partial charge in [0.25, 0.3) is 0 Å². The van der Waals surface area contributed by atoms with E-state index in [-0.39, 0.29) is 0 Å². The lowest BCUT2D eigenvalue weighted by Crippen LogP contribution is -2.04. The second kappa shape index (κ2) is 8.31. The van der Waals surface area contributed by atoms with Gasteiger partial charge in [-0.1, -0.05) is 32.2 Å². The van der Waals surface area contributed by atoms with Crippen molar-refractivity contribution in [2.75, 3.05) is 12.3 Å². The summed E-state index contributed by atoms with van der Waals surface area (Å²) in [6.45, 7) is 5.56. The minimum Gasteiger partial charge on any atom is -0.264 e. The molecule has 0 aromatic carbocycles. The Labute approximate surface area is 62.7 Å². The maximum absolute atomic E-state index is 3.29. The highest BCUT2D eigenvalue weighted by Crippen LogP contribution is 1.98. The van der Waals surface area contributed by atoms with E-state index in [2.05, 4.69) is 18.6 Å². The second-order valence-electron chi connectivity index (χ2n) is 2.10. The first-order valence-corrected chi connectivity index (χ1v) is 4.75. The van der Waals surface area contributed by atoms with Gasteiger partial charge in [0.1, 0.15) is 0 Å². The molecule has 0 saturated heterocycles. The van der Waals surface area contributed by atoms with E-state index in [1.165, 1.54) is 25.0 Å². The monoisotopic (exact) mass is 147 g/mol. The van der Waals surface area contributed by atoms with Crippen molar-refractivity contribution < 1.29 is 0 Å². The van der Waals surface area contributed by atoms with Crippen LogP contribution in [0.1, 0.15) is 33.1 Å². The summed E-state index contributed by atoms with van der Waals surface area (Å²) < 4.78 is 3.29. The van der Waals surface area contributed by atoms with Crippen LogP contribution in [0.2, 0.25) is 0 Å². The standard InChI is InChI=1S/C7H17NS/c1-3-5-7-9-8-6-4-2/h8H,3-7H2,1-2H3. The molecular weight excluding hydrogens is 130 g/mol. The SMILES string of the molecule is CCCCSNCCC. The van der Waals surface area contributed by atoms with Crippen molar-refractivity contribution >= 4 is 11.9 Å². The molecule has 0 radical (unpaired) electrons. The lowest BCUT2D eigenvalue weighted by Gasteiger charge is -1.98. The van der Waals surface area contributed by atoms with Crippen molar-refractivity contribution in [3.05, 3.63) is 0 Å². The van der Waals surface area contributed by atoms with Gasteiger partial charge in [-0.3, -0.25) is 4.72 Å². The first-order valence-electron chi connectivity index (χ1n) is 3.76. The Bertz CT molecular complexity index is 42.2. The Morgan fingerprint density at radius 3 is 2.56 bits per heavy atom. The average Bonchev–Trinajstić information content (AvgIpc) is 1.89. The van der Waals surface area contributed by atoms with Crippen molar-refractivity contribution in [2.45, 2.75) is 33.1 Å². The van der Waals surface area contributed by atoms with Crippen molar-refractivity contribution in [1.82, 2.24) is 4.72 Å². The fourth-order valence-corrected chi connectivity index (χ4v) is 1.39. The zero-order valence-electron chi connectivity index (χ0n) is 6.44. The maximum Gasteiger partial charge on any atom is 0.00785 e. The van der Waals surface area contributed by atoms with Gasteiger partial charge < -0.3 is 0 Å². The van der Waals surface area contributed by atoms with Gasteiger partial charge in [0.05, 0.1) is 0 Å². The predicted octanol–water partition coefficient (Wildman–Crippen LogP) is 2.43. The van der Waals surface area contributed by atoms with Gasteiger partial charge in [-0.25, -0.2) is 0 Å². The molecule has 0 heterocycles. The summed E-state index contributed by atoms with van der Waals surface area (Å²) in [5.74, 6) is 1.26. The second-order valence-corrected chi connectivity index (χ2v) is 3.08. The van der Waals surface area contributed by atoms with Crippen molar-refractivity contribution in [1.29, 1.82) is 0 Å². The normalized spacial score (nSPS) is 10.0. The molecule has 0 amide bonds. The van der Waals surface area contributed by atoms with Crippen LogP contribution in [-0.4, -0.2) is 12.3 Å². The molecule has 0 aliphatic rings. The third-order valence-corrected chi connectivity index (χ3v) is 1.96. The molecule has 0 unspecified atom stereocenters. The van der Waals surface area contributed by atoms with Gasteiger partial charge in [0.15, 0.2) is 0 Å². The highest BCUT2D eigenvalue weighted by atomic mass is 32.2. The Morgan fingerprint density at radius 1 is 1.22 bits per heavy atom. The van der Waals surface area contributed by atoms with Crippen LogP contribution in [0.25, 0.3) is 0 Å². The van der Waals surface area contributed by atoms with Crippen LogP contribution in [0.4, 0.5) is 0 Å². The van der Waals surface area contributed by atoms with Crippen LogP contribution < -0.4 is 4.72 Å². The fraction of sp³-hybridized carbons (Fsp3) is 1.00. The molecule has 0 rings (SSSR count). The molecule has 0 aromatic rings. The molecule has 0 fully saturated rings. The lowest BCUT2D eigenvalue weighted by molar-refractivity contribution is 0.861. The lowest BCUT2D eigenvalue weighted by atomic mass is 10.4. The quantitative estimate of drug-likeness (QED) is 0.457. The number of unbranched alkanes of at least 4 members (excludes halogenated alkanes) is 1. The number of hydrogen-bond acceptors (Lipinski definition) is 2. The Hall–Kier alpha value is 0.310. The van der Waals surface area contributed by atoms with Crippen molar-refractivity contribution in [3.63, 3.8) is 0 Å². The molecule has 0 saturated carbocycles. The van der Waals surface area contributed by atoms with E-state index in [4.69, 9.17) is 0 Å². The van der Waals surface area contributed by atoms with Gasteiger partial charge in [-0.05, 0) is 12.8 Å². The van der Waals surface area contributed by atoms with Crippen LogP contribution in [-0.2, 0) is 0 Å². The third-order valence-electron chi connectivity index (χ3n) is 1.05. The maximum atomic E-state index is 3.29. The number of nitrogens with one attached hydrogen (secondary N) is 1. The molecule has 0 atom stereocenters. The molecule has 2 heteroatoms. The van der Waals surface area contributed by atoms with E-state index in [0.29, 0.717) is 0 Å². The Balaban J connectivity index is 2.60. The zero-order valence-corrected chi connectivity index (χ0v) is 7.26. The highest BCUT2D eigenvalue weighted by molar-refractivity contribution is 7.97. The Morgan fingerprint density at radius 2 is 2.00 bits per heavy atom. The minimum absolute atomic E-state index is 1.15. The van der Waals surface area contributed by atoms with E-state index >= 15 is 0 Å². The summed E-state index contributed by atoms with van der Waals surface area (Å²) in [7, 11) is 0. The van der Waals surface area contributed by atoms with Gasteiger partial charge in [-0.15, -0.1) is 0 Å². The fourth-order valence-electron chi connectivity index (χ4n) is 0.463. The molecule has 0 aromatic heterocycles. The molecule has 1 nitrogen and oxygen atoms in total. The van der Waals surface area contributed by atoms with Crippen molar-refractivity contribution in [2.24, 2.45) is 0 Å². The van der Waals surface area contributed by atoms with Gasteiger partial charge in [0.2, 0.25) is 0 Å². The molecule has 0 aliphatic heterocycles. The number of rotatable bonds is 6. The van der Waals surface area contributed by atoms with Crippen LogP contribution in [0.5, 0.6) is 0 Å². The molecular formula is C7H17NS. The summed E-state index contributed by atoms with van der Waals surface area (Å²) in [4.78, 5) is 0. The zero-order chi connectivity index (χ0) is 6.95. The van der Waals surface area contributed by atoms with Crippen LogP contribution >= 0.6 is 11.9 Å². The molecule has 9 heavy (non-hydrogen) atoms. The summed E-state index contributed by atoms with van der Waals surface area (Å²) in [5.41, 5.74) is 0. The van der Waals surface area contributed by atoms with Crippen LogP contribution in [0, 0.1) is 0 Å². The van der Waals surface area contributed by atoms with Crippen LogP contribution in [0.15, 0.2) is 0 Å². The first kappa shape index (κ1) is 9.31. The summed E-state index contributed by atoms with van der Waals surface area (Å²) in [6, 6.07) is 0.